The van der Waals surface area contributed by atoms with Crippen molar-refractivity contribution in [2.45, 2.75) is 6.92 Å². The van der Waals surface area contributed by atoms with E-state index in [0.29, 0.717) is 0 Å². The maximum atomic E-state index is 2.30. The Balaban J connectivity index is 1.56. The number of nitrogens with zero attached hydrogens (tertiary/aromatic N) is 2. The molecule has 0 N–H and O–H groups in total. The molecule has 0 spiro atoms. The summed E-state index contributed by atoms with van der Waals surface area (Å²) in [5.41, 5.74) is 13.2. The Kier molecular flexibility index (Phi) is 7.38. The van der Waals surface area contributed by atoms with Crippen LogP contribution in [-0.4, -0.2) is 14.1 Å². The van der Waals surface area contributed by atoms with E-state index in [1.54, 1.807) is 0 Å². The molecule has 0 atom stereocenters. The molecule has 6 aromatic rings. The third-order valence-electron chi connectivity index (χ3n) is 7.77. The van der Waals surface area contributed by atoms with Gasteiger partial charge >= 0.3 is 0 Å². The van der Waals surface area contributed by atoms with Gasteiger partial charge in [-0.1, -0.05) is 115 Å². The molecule has 0 saturated heterocycles. The highest BCUT2D eigenvalue weighted by Crippen LogP contribution is 2.47. The molecule has 0 fully saturated rings. The summed E-state index contributed by atoms with van der Waals surface area (Å²) in [6.07, 6.45) is 0. The van der Waals surface area contributed by atoms with Crippen LogP contribution in [0.1, 0.15) is 5.56 Å². The molecule has 41 heavy (non-hydrogen) atoms. The molecule has 6 aromatic carbocycles. The molecule has 2 nitrogen and oxygen atoms in total. The van der Waals surface area contributed by atoms with Gasteiger partial charge in [0.1, 0.15) is 0 Å². The summed E-state index contributed by atoms with van der Waals surface area (Å²) in [5, 5.41) is 0. The van der Waals surface area contributed by atoms with E-state index in [0.717, 1.165) is 11.4 Å². The molecule has 0 bridgehead atoms. The highest BCUT2D eigenvalue weighted by atomic mass is 15.1. The summed E-state index contributed by atoms with van der Waals surface area (Å²) >= 11 is 0. The van der Waals surface area contributed by atoms with Gasteiger partial charge in [0, 0.05) is 42.4 Å². The lowest BCUT2D eigenvalue weighted by Gasteiger charge is -2.27. The number of anilines is 4. The van der Waals surface area contributed by atoms with Crippen molar-refractivity contribution < 1.29 is 0 Å². The van der Waals surface area contributed by atoms with E-state index in [1.807, 2.05) is 0 Å². The minimum atomic E-state index is 1.15. The first-order chi connectivity index (χ1) is 20.1. The molecule has 0 amide bonds. The average Bonchev–Trinajstić information content (AvgIpc) is 3.04. The van der Waals surface area contributed by atoms with Crippen LogP contribution in [0.2, 0.25) is 0 Å². The Labute approximate surface area is 243 Å². The van der Waals surface area contributed by atoms with Crippen molar-refractivity contribution in [1.29, 1.82) is 0 Å². The fourth-order valence-corrected chi connectivity index (χ4v) is 5.57. The quantitative estimate of drug-likeness (QED) is 0.202. The number of rotatable bonds is 7. The minimum absolute atomic E-state index is 1.15. The number of para-hydroxylation sites is 2. The van der Waals surface area contributed by atoms with Gasteiger partial charge in [-0.3, -0.25) is 0 Å². The molecule has 0 radical (unpaired) electrons. The predicted octanol–water partition coefficient (Wildman–Crippen LogP) is 10.5. The second-order valence-electron chi connectivity index (χ2n) is 10.5. The van der Waals surface area contributed by atoms with Crippen LogP contribution in [0.4, 0.5) is 22.7 Å². The zero-order chi connectivity index (χ0) is 28.2. The van der Waals surface area contributed by atoms with Crippen molar-refractivity contribution in [2.24, 2.45) is 0 Å². The largest absolute Gasteiger partial charge is 0.345 e. The van der Waals surface area contributed by atoms with Crippen LogP contribution in [0.15, 0.2) is 152 Å². The van der Waals surface area contributed by atoms with Crippen LogP contribution in [0.3, 0.4) is 0 Å². The maximum absolute atomic E-state index is 2.30. The summed E-state index contributed by atoms with van der Waals surface area (Å²) in [6.45, 7) is 2.17. The minimum Gasteiger partial charge on any atom is -0.345 e. The van der Waals surface area contributed by atoms with E-state index in [9.17, 15) is 0 Å². The Hall–Kier alpha value is -5.08. The number of hydrogen-bond acceptors (Lipinski definition) is 2. The average molecular weight is 531 g/mol. The second kappa shape index (κ2) is 11.6. The lowest BCUT2D eigenvalue weighted by atomic mass is 9.85. The van der Waals surface area contributed by atoms with E-state index in [4.69, 9.17) is 0 Å². The van der Waals surface area contributed by atoms with Gasteiger partial charge in [0.15, 0.2) is 0 Å². The third kappa shape index (κ3) is 5.37. The highest BCUT2D eigenvalue weighted by Gasteiger charge is 2.21. The molecule has 0 aliphatic heterocycles. The predicted molar refractivity (Wildman–Crippen MR) is 176 cm³/mol. The van der Waals surface area contributed by atoms with Crippen LogP contribution in [0.25, 0.3) is 33.4 Å². The van der Waals surface area contributed by atoms with Crippen LogP contribution in [0, 0.1) is 6.92 Å². The van der Waals surface area contributed by atoms with E-state index < -0.39 is 0 Å². The summed E-state index contributed by atoms with van der Waals surface area (Å²) in [5.74, 6) is 0. The smallest absolute Gasteiger partial charge is 0.0494 e. The zero-order valence-corrected chi connectivity index (χ0v) is 23.8. The summed E-state index contributed by atoms with van der Waals surface area (Å²) < 4.78 is 0. The van der Waals surface area contributed by atoms with Gasteiger partial charge in [0.25, 0.3) is 0 Å². The van der Waals surface area contributed by atoms with Gasteiger partial charge in [-0.2, -0.15) is 0 Å². The van der Waals surface area contributed by atoms with Crippen molar-refractivity contribution >= 4 is 22.7 Å². The van der Waals surface area contributed by atoms with Gasteiger partial charge < -0.3 is 9.80 Å². The van der Waals surface area contributed by atoms with Gasteiger partial charge in [-0.05, 0) is 77.2 Å². The molecule has 0 aliphatic carbocycles. The third-order valence-corrected chi connectivity index (χ3v) is 7.77. The van der Waals surface area contributed by atoms with Crippen molar-refractivity contribution in [3.05, 3.63) is 157 Å². The lowest BCUT2D eigenvalue weighted by Crippen LogP contribution is -2.11. The molecular formula is C39H34N2. The molecule has 0 aromatic heterocycles. The molecule has 0 heterocycles. The van der Waals surface area contributed by atoms with E-state index in [1.165, 1.54) is 50.3 Å². The maximum Gasteiger partial charge on any atom is 0.0494 e. The molecule has 0 saturated carbocycles. The van der Waals surface area contributed by atoms with E-state index >= 15 is 0 Å². The summed E-state index contributed by atoms with van der Waals surface area (Å²) in [6, 6.07) is 54.2. The van der Waals surface area contributed by atoms with Gasteiger partial charge in [0.05, 0.1) is 0 Å². The molecule has 2 heteroatoms. The first kappa shape index (κ1) is 26.2. The standard InChI is InChI=1S/C39H34N2/c1-29-14-13-17-32(28-29)38-36(30-22-24-35(25-23-30)40(2)33-18-9-5-10-19-33)26-27-37(39(38)31-15-7-4-8-16-31)41(3)34-20-11-6-12-21-34/h4-28H,1-3H3. The molecular weight excluding hydrogens is 496 g/mol. The number of hydrogen-bond donors (Lipinski definition) is 0. The fourth-order valence-electron chi connectivity index (χ4n) is 5.57. The van der Waals surface area contributed by atoms with Gasteiger partial charge in [-0.25, -0.2) is 0 Å². The van der Waals surface area contributed by atoms with Crippen LogP contribution >= 0.6 is 0 Å². The molecule has 200 valence electrons. The van der Waals surface area contributed by atoms with Crippen LogP contribution in [0.5, 0.6) is 0 Å². The Morgan fingerprint density at radius 2 is 0.927 bits per heavy atom. The number of benzene rings is 6. The van der Waals surface area contributed by atoms with Crippen molar-refractivity contribution in [2.75, 3.05) is 23.9 Å². The topological polar surface area (TPSA) is 6.48 Å². The summed E-state index contributed by atoms with van der Waals surface area (Å²) in [4.78, 5) is 4.52. The first-order valence-corrected chi connectivity index (χ1v) is 14.1. The van der Waals surface area contributed by atoms with Gasteiger partial charge in [-0.15, -0.1) is 0 Å². The van der Waals surface area contributed by atoms with Crippen molar-refractivity contribution in [3.8, 4) is 33.4 Å². The molecule has 6 rings (SSSR count). The number of aryl methyl sites for hydroxylation is 1. The monoisotopic (exact) mass is 530 g/mol. The Morgan fingerprint density at radius 3 is 1.54 bits per heavy atom. The highest BCUT2D eigenvalue weighted by molar-refractivity contribution is 6.01. The van der Waals surface area contributed by atoms with Gasteiger partial charge in [0.2, 0.25) is 0 Å². The SMILES string of the molecule is Cc1cccc(-c2c(-c3ccc(N(C)c4ccccc4)cc3)ccc(N(C)c3ccccc3)c2-c2ccccc2)c1. The normalized spacial score (nSPS) is 10.8. The molecule has 0 aliphatic rings. The first-order valence-electron chi connectivity index (χ1n) is 14.1. The second-order valence-corrected chi connectivity index (χ2v) is 10.5. The van der Waals surface area contributed by atoms with Crippen LogP contribution in [-0.2, 0) is 0 Å². The van der Waals surface area contributed by atoms with Crippen LogP contribution < -0.4 is 9.80 Å². The lowest BCUT2D eigenvalue weighted by molar-refractivity contribution is 1.21. The van der Waals surface area contributed by atoms with E-state index in [-0.39, 0.29) is 0 Å². The Bertz CT molecular complexity index is 1740. The summed E-state index contributed by atoms with van der Waals surface area (Å²) in [7, 11) is 4.27. The zero-order valence-electron chi connectivity index (χ0n) is 23.8. The van der Waals surface area contributed by atoms with Crippen molar-refractivity contribution in [3.63, 3.8) is 0 Å². The molecule has 0 unspecified atom stereocenters. The van der Waals surface area contributed by atoms with Crippen molar-refractivity contribution in [1.82, 2.24) is 0 Å². The Morgan fingerprint density at radius 1 is 0.390 bits per heavy atom. The fraction of sp³-hybridized carbons (Fsp3) is 0.0769. The van der Waals surface area contributed by atoms with E-state index in [2.05, 4.69) is 182 Å².